The van der Waals surface area contributed by atoms with E-state index in [0.29, 0.717) is 16.5 Å². The smallest absolute Gasteiger partial charge is 0.271 e. The van der Waals surface area contributed by atoms with Gasteiger partial charge in [-0.05, 0) is 42.0 Å². The number of sulfonamides is 1. The van der Waals surface area contributed by atoms with Crippen molar-refractivity contribution in [1.82, 2.24) is 0 Å². The van der Waals surface area contributed by atoms with Crippen LogP contribution < -0.4 is 9.62 Å². The Morgan fingerprint density at radius 3 is 2.96 bits per heavy atom. The van der Waals surface area contributed by atoms with Gasteiger partial charge in [-0.15, -0.1) is 11.3 Å². The van der Waals surface area contributed by atoms with E-state index in [2.05, 4.69) is 9.62 Å². The summed E-state index contributed by atoms with van der Waals surface area (Å²) >= 11 is 1.21. The van der Waals surface area contributed by atoms with E-state index >= 15 is 0 Å². The summed E-state index contributed by atoms with van der Waals surface area (Å²) in [7, 11) is -1.81. The highest BCUT2D eigenvalue weighted by atomic mass is 32.2. The lowest BCUT2D eigenvalue weighted by Gasteiger charge is -2.31. The third-order valence-corrected chi connectivity index (χ3v) is 6.66. The Kier molecular flexibility index (Phi) is 4.89. The Hall–Kier alpha value is -1.57. The molecule has 0 amide bonds. The SMILES string of the molecule is COCCN1CCCc2ccc(NS(=O)(=O)c3cccs3)cc21. The van der Waals surface area contributed by atoms with E-state index in [1.807, 2.05) is 18.2 Å². The molecule has 0 bridgehead atoms. The van der Waals surface area contributed by atoms with Crippen LogP contribution in [0.3, 0.4) is 0 Å². The number of benzene rings is 1. The lowest BCUT2D eigenvalue weighted by atomic mass is 10.0. The van der Waals surface area contributed by atoms with Crippen molar-refractivity contribution in [1.29, 1.82) is 0 Å². The molecule has 1 aromatic carbocycles. The second kappa shape index (κ2) is 6.90. The van der Waals surface area contributed by atoms with Crippen molar-refractivity contribution in [2.24, 2.45) is 0 Å². The van der Waals surface area contributed by atoms with Gasteiger partial charge in [0.1, 0.15) is 4.21 Å². The van der Waals surface area contributed by atoms with Gasteiger partial charge in [-0.25, -0.2) is 8.42 Å². The Morgan fingerprint density at radius 2 is 2.22 bits per heavy atom. The summed E-state index contributed by atoms with van der Waals surface area (Å²) in [5.74, 6) is 0. The lowest BCUT2D eigenvalue weighted by molar-refractivity contribution is 0.205. The van der Waals surface area contributed by atoms with Crippen LogP contribution in [-0.4, -0.2) is 35.2 Å². The van der Waals surface area contributed by atoms with Crippen LogP contribution in [0.1, 0.15) is 12.0 Å². The maximum atomic E-state index is 12.4. The molecule has 1 N–H and O–H groups in total. The Morgan fingerprint density at radius 1 is 1.35 bits per heavy atom. The molecule has 1 aliphatic rings. The third-order valence-electron chi connectivity index (χ3n) is 3.88. The number of nitrogens with zero attached hydrogens (tertiary/aromatic N) is 1. The van der Waals surface area contributed by atoms with Crippen LogP contribution in [-0.2, 0) is 21.2 Å². The summed E-state index contributed by atoms with van der Waals surface area (Å²) in [6, 6.07) is 9.12. The maximum absolute atomic E-state index is 12.4. The summed E-state index contributed by atoms with van der Waals surface area (Å²) in [6.45, 7) is 2.44. The zero-order valence-corrected chi connectivity index (χ0v) is 14.6. The number of rotatable bonds is 6. The molecule has 7 heteroatoms. The number of thiophene rings is 1. The predicted molar refractivity (Wildman–Crippen MR) is 94.0 cm³/mol. The molecule has 5 nitrogen and oxygen atoms in total. The normalized spacial score (nSPS) is 14.6. The number of anilines is 2. The maximum Gasteiger partial charge on any atom is 0.271 e. The number of fused-ring (bicyclic) bond motifs is 1. The van der Waals surface area contributed by atoms with Crippen molar-refractivity contribution in [3.05, 3.63) is 41.3 Å². The second-order valence-electron chi connectivity index (χ2n) is 5.46. The minimum atomic E-state index is -3.51. The van der Waals surface area contributed by atoms with Crippen molar-refractivity contribution in [2.45, 2.75) is 17.1 Å². The molecule has 0 spiro atoms. The Balaban J connectivity index is 1.85. The van der Waals surface area contributed by atoms with Gasteiger partial charge < -0.3 is 9.64 Å². The highest BCUT2D eigenvalue weighted by molar-refractivity contribution is 7.94. The molecule has 0 saturated heterocycles. The van der Waals surface area contributed by atoms with Gasteiger partial charge in [-0.3, -0.25) is 4.72 Å². The van der Waals surface area contributed by atoms with E-state index in [0.717, 1.165) is 31.6 Å². The van der Waals surface area contributed by atoms with Crippen LogP contribution >= 0.6 is 11.3 Å². The fourth-order valence-corrected chi connectivity index (χ4v) is 4.81. The summed E-state index contributed by atoms with van der Waals surface area (Å²) in [5.41, 5.74) is 2.95. The van der Waals surface area contributed by atoms with Crippen molar-refractivity contribution >= 4 is 32.7 Å². The number of ether oxygens (including phenoxy) is 1. The Bertz CT molecular complexity index is 758. The molecule has 2 heterocycles. The first-order valence-electron chi connectivity index (χ1n) is 7.53. The van der Waals surface area contributed by atoms with Crippen molar-refractivity contribution in [2.75, 3.05) is 36.4 Å². The quantitative estimate of drug-likeness (QED) is 0.868. The van der Waals surface area contributed by atoms with Crippen LogP contribution in [0.15, 0.2) is 39.9 Å². The van der Waals surface area contributed by atoms with Gasteiger partial charge in [-0.1, -0.05) is 12.1 Å². The molecule has 0 atom stereocenters. The summed E-state index contributed by atoms with van der Waals surface area (Å²) in [5, 5.41) is 1.76. The number of hydrogen-bond donors (Lipinski definition) is 1. The topological polar surface area (TPSA) is 58.6 Å². The van der Waals surface area contributed by atoms with Crippen LogP contribution in [0, 0.1) is 0 Å². The first kappa shape index (κ1) is 16.3. The lowest BCUT2D eigenvalue weighted by Crippen LogP contribution is -2.32. The van der Waals surface area contributed by atoms with Gasteiger partial charge in [0.15, 0.2) is 0 Å². The third kappa shape index (κ3) is 3.68. The summed E-state index contributed by atoms with van der Waals surface area (Å²) in [4.78, 5) is 2.26. The molecule has 0 radical (unpaired) electrons. The van der Waals surface area contributed by atoms with Crippen LogP contribution in [0.25, 0.3) is 0 Å². The molecule has 3 rings (SSSR count). The first-order chi connectivity index (χ1) is 11.1. The highest BCUT2D eigenvalue weighted by Gasteiger charge is 2.19. The molecule has 0 unspecified atom stereocenters. The van der Waals surface area contributed by atoms with Crippen LogP contribution in [0.4, 0.5) is 11.4 Å². The van der Waals surface area contributed by atoms with Crippen LogP contribution in [0.2, 0.25) is 0 Å². The van der Waals surface area contributed by atoms with E-state index < -0.39 is 10.0 Å². The van der Waals surface area contributed by atoms with Gasteiger partial charge in [0, 0.05) is 25.9 Å². The zero-order valence-electron chi connectivity index (χ0n) is 13.0. The number of hydrogen-bond acceptors (Lipinski definition) is 5. The Labute approximate surface area is 140 Å². The van der Waals surface area contributed by atoms with E-state index in [-0.39, 0.29) is 0 Å². The van der Waals surface area contributed by atoms with E-state index in [1.54, 1.807) is 24.6 Å². The number of aryl methyl sites for hydroxylation is 1. The molecule has 23 heavy (non-hydrogen) atoms. The van der Waals surface area contributed by atoms with E-state index in [9.17, 15) is 8.42 Å². The molecular weight excluding hydrogens is 332 g/mol. The fraction of sp³-hybridized carbons (Fsp3) is 0.375. The van der Waals surface area contributed by atoms with Gasteiger partial charge in [-0.2, -0.15) is 0 Å². The molecule has 1 aliphatic heterocycles. The van der Waals surface area contributed by atoms with Crippen LogP contribution in [0.5, 0.6) is 0 Å². The van der Waals surface area contributed by atoms with Gasteiger partial charge in [0.2, 0.25) is 0 Å². The molecule has 1 aromatic heterocycles. The average Bonchev–Trinajstić information content (AvgIpc) is 3.08. The highest BCUT2D eigenvalue weighted by Crippen LogP contribution is 2.31. The summed E-state index contributed by atoms with van der Waals surface area (Å²) in [6.07, 6.45) is 2.13. The monoisotopic (exact) mass is 352 g/mol. The second-order valence-corrected chi connectivity index (χ2v) is 8.32. The van der Waals surface area contributed by atoms with E-state index in [1.165, 1.54) is 16.9 Å². The van der Waals surface area contributed by atoms with Crippen molar-refractivity contribution in [3.63, 3.8) is 0 Å². The van der Waals surface area contributed by atoms with E-state index in [4.69, 9.17) is 4.74 Å². The predicted octanol–water partition coefficient (Wildman–Crippen LogP) is 2.95. The fourth-order valence-electron chi connectivity index (χ4n) is 2.77. The van der Waals surface area contributed by atoms with Crippen molar-refractivity contribution < 1.29 is 13.2 Å². The molecule has 124 valence electrons. The number of nitrogens with one attached hydrogen (secondary N) is 1. The standard InChI is InChI=1S/C16H20N2O3S2/c1-21-10-9-18-8-2-4-13-6-7-14(12-15(13)18)17-23(19,20)16-5-3-11-22-16/h3,5-7,11-12,17H,2,4,8-10H2,1H3. The van der Waals surface area contributed by atoms with Gasteiger partial charge in [0.05, 0.1) is 12.3 Å². The molecular formula is C16H20N2O3S2. The van der Waals surface area contributed by atoms with Crippen molar-refractivity contribution in [3.8, 4) is 0 Å². The summed E-state index contributed by atoms with van der Waals surface area (Å²) < 4.78 is 32.9. The molecule has 2 aromatic rings. The molecule has 0 aliphatic carbocycles. The minimum Gasteiger partial charge on any atom is -0.383 e. The number of methoxy groups -OCH3 is 1. The first-order valence-corrected chi connectivity index (χ1v) is 9.89. The molecule has 0 saturated carbocycles. The van der Waals surface area contributed by atoms with Gasteiger partial charge in [0.25, 0.3) is 10.0 Å². The van der Waals surface area contributed by atoms with Gasteiger partial charge >= 0.3 is 0 Å². The average molecular weight is 352 g/mol. The zero-order chi connectivity index (χ0) is 16.3. The molecule has 0 fully saturated rings. The minimum absolute atomic E-state index is 0.325. The largest absolute Gasteiger partial charge is 0.383 e.